The minimum absolute atomic E-state index is 0.0496. The number of ether oxygens (including phenoxy) is 2. The predicted molar refractivity (Wildman–Crippen MR) is 122 cm³/mol. The number of nitrogens with one attached hydrogen (secondary N) is 1. The number of hydrogen-bond acceptors (Lipinski definition) is 7. The van der Waals surface area contributed by atoms with Gasteiger partial charge in [0.1, 0.15) is 6.10 Å². The third-order valence-corrected chi connectivity index (χ3v) is 5.50. The van der Waals surface area contributed by atoms with E-state index in [1.807, 2.05) is 29.1 Å². The number of pyridine rings is 1. The van der Waals surface area contributed by atoms with Crippen LogP contribution in [-0.2, 0) is 32.0 Å². The third-order valence-electron chi connectivity index (χ3n) is 5.50. The van der Waals surface area contributed by atoms with Crippen LogP contribution in [0, 0.1) is 5.92 Å². The molecule has 0 aliphatic carbocycles. The van der Waals surface area contributed by atoms with Crippen LogP contribution in [0.1, 0.15) is 35.9 Å². The number of alkyl halides is 6. The molecule has 10 nitrogen and oxygen atoms in total. The molecule has 0 saturated carbocycles. The quantitative estimate of drug-likeness (QED) is 0.448. The lowest BCUT2D eigenvalue weighted by Crippen LogP contribution is -2.33. The molecule has 0 spiro atoms. The fourth-order valence-electron chi connectivity index (χ4n) is 3.59. The third kappa shape index (κ3) is 11.6. The van der Waals surface area contributed by atoms with Crippen LogP contribution in [0.4, 0.5) is 26.3 Å². The Labute approximate surface area is 218 Å². The maximum absolute atomic E-state index is 10.6. The Kier molecular flexibility index (Phi) is 12.1. The van der Waals surface area contributed by atoms with Gasteiger partial charge in [-0.25, -0.2) is 9.59 Å². The van der Waals surface area contributed by atoms with Crippen molar-refractivity contribution < 1.29 is 55.6 Å². The second kappa shape index (κ2) is 14.8. The SMILES string of the molecule is O=C(O)C(F)(F)F.O=C(O)C(F)(F)F.c1ccc(Cn2cc3c(n2)C(CNCC2CCOCC2)OCC3)nc1. The van der Waals surface area contributed by atoms with Crippen molar-refractivity contribution in [3.8, 4) is 0 Å². The van der Waals surface area contributed by atoms with Crippen molar-refractivity contribution in [3.05, 3.63) is 47.5 Å². The molecule has 1 atom stereocenters. The van der Waals surface area contributed by atoms with Crippen molar-refractivity contribution in [1.82, 2.24) is 20.1 Å². The molecule has 1 fully saturated rings. The zero-order chi connectivity index (χ0) is 29.1. The monoisotopic (exact) mass is 570 g/mol. The molecule has 2 aliphatic heterocycles. The largest absolute Gasteiger partial charge is 0.490 e. The second-order valence-corrected chi connectivity index (χ2v) is 8.49. The Morgan fingerprint density at radius 3 is 2.15 bits per heavy atom. The van der Waals surface area contributed by atoms with Crippen LogP contribution < -0.4 is 5.32 Å². The normalized spacial score (nSPS) is 17.6. The number of aliphatic carboxylic acids is 2. The van der Waals surface area contributed by atoms with E-state index in [1.165, 1.54) is 5.56 Å². The first-order valence-corrected chi connectivity index (χ1v) is 11.7. The van der Waals surface area contributed by atoms with Gasteiger partial charge in [-0.05, 0) is 49.4 Å². The van der Waals surface area contributed by atoms with Crippen molar-refractivity contribution in [2.24, 2.45) is 5.92 Å². The maximum Gasteiger partial charge on any atom is 0.490 e. The van der Waals surface area contributed by atoms with Gasteiger partial charge in [-0.3, -0.25) is 9.67 Å². The number of nitrogens with zero attached hydrogens (tertiary/aromatic N) is 3. The summed E-state index contributed by atoms with van der Waals surface area (Å²) in [6.07, 6.45) is -2.89. The van der Waals surface area contributed by atoms with Crippen LogP contribution in [0.3, 0.4) is 0 Å². The summed E-state index contributed by atoms with van der Waals surface area (Å²) in [6, 6.07) is 5.98. The molecule has 218 valence electrons. The minimum atomic E-state index is -5.08. The average Bonchev–Trinajstić information content (AvgIpc) is 3.28. The molecule has 4 rings (SSSR count). The topological polar surface area (TPSA) is 136 Å². The number of carbonyl (C=O) groups is 2. The van der Waals surface area contributed by atoms with Crippen LogP contribution in [0.15, 0.2) is 30.6 Å². The van der Waals surface area contributed by atoms with Gasteiger partial charge in [-0.1, -0.05) is 6.07 Å². The molecule has 2 aromatic heterocycles. The van der Waals surface area contributed by atoms with Crippen molar-refractivity contribution in [3.63, 3.8) is 0 Å². The van der Waals surface area contributed by atoms with Gasteiger partial charge in [0.15, 0.2) is 0 Å². The summed E-state index contributed by atoms with van der Waals surface area (Å²) in [5.74, 6) is -4.79. The van der Waals surface area contributed by atoms with Crippen molar-refractivity contribution >= 4 is 11.9 Å². The Bertz CT molecular complexity index is 1020. The van der Waals surface area contributed by atoms with Gasteiger partial charge in [0, 0.05) is 32.2 Å². The van der Waals surface area contributed by atoms with Gasteiger partial charge in [0.25, 0.3) is 0 Å². The first-order valence-electron chi connectivity index (χ1n) is 11.7. The number of hydrogen-bond donors (Lipinski definition) is 3. The summed E-state index contributed by atoms with van der Waals surface area (Å²) < 4.78 is 76.9. The van der Waals surface area contributed by atoms with E-state index in [1.54, 1.807) is 0 Å². The van der Waals surface area contributed by atoms with E-state index >= 15 is 0 Å². The summed E-state index contributed by atoms with van der Waals surface area (Å²) in [4.78, 5) is 22.2. The molecular formula is C23H28F6N4O6. The molecule has 1 saturated heterocycles. The zero-order valence-electron chi connectivity index (χ0n) is 20.5. The second-order valence-electron chi connectivity index (χ2n) is 8.49. The van der Waals surface area contributed by atoms with E-state index in [9.17, 15) is 26.3 Å². The van der Waals surface area contributed by atoms with Gasteiger partial charge in [0.05, 0.1) is 24.5 Å². The molecular weight excluding hydrogens is 542 g/mol. The maximum atomic E-state index is 10.6. The Morgan fingerprint density at radius 1 is 1.00 bits per heavy atom. The number of rotatable bonds is 6. The predicted octanol–water partition coefficient (Wildman–Crippen LogP) is 3.22. The molecule has 3 N–H and O–H groups in total. The molecule has 0 bridgehead atoms. The highest BCUT2D eigenvalue weighted by Gasteiger charge is 2.38. The molecule has 2 aliphatic rings. The van der Waals surface area contributed by atoms with E-state index in [2.05, 4.69) is 16.5 Å². The molecule has 1 unspecified atom stereocenters. The number of halogens is 6. The zero-order valence-corrected chi connectivity index (χ0v) is 20.5. The van der Waals surface area contributed by atoms with Gasteiger partial charge in [-0.15, -0.1) is 0 Å². The van der Waals surface area contributed by atoms with Crippen LogP contribution >= 0.6 is 0 Å². The fourth-order valence-corrected chi connectivity index (χ4v) is 3.59. The first-order chi connectivity index (χ1) is 18.3. The van der Waals surface area contributed by atoms with Crippen LogP contribution in [0.2, 0.25) is 0 Å². The molecule has 39 heavy (non-hydrogen) atoms. The molecule has 0 amide bonds. The van der Waals surface area contributed by atoms with Crippen LogP contribution in [0.5, 0.6) is 0 Å². The molecule has 0 aromatic carbocycles. The Morgan fingerprint density at radius 2 is 1.62 bits per heavy atom. The van der Waals surface area contributed by atoms with E-state index in [0.717, 1.165) is 69.5 Å². The van der Waals surface area contributed by atoms with E-state index in [0.29, 0.717) is 6.54 Å². The summed E-state index contributed by atoms with van der Waals surface area (Å²) in [7, 11) is 0. The highest BCUT2D eigenvalue weighted by molar-refractivity contribution is 5.73. The lowest BCUT2D eigenvalue weighted by atomic mass is 10.00. The molecule has 4 heterocycles. The van der Waals surface area contributed by atoms with Gasteiger partial charge in [-0.2, -0.15) is 31.4 Å². The standard InChI is InChI=1S/C19H26N4O2.2C2HF3O2/c1-2-7-21-17(3-1)14-23-13-16-6-10-25-18(19(16)22-23)12-20-11-15-4-8-24-9-5-15;2*3-2(4,5)1(6)7/h1-3,7,13,15,18,20H,4-6,8-12,14H2;2*(H,6,7). The van der Waals surface area contributed by atoms with E-state index in [-0.39, 0.29) is 6.10 Å². The van der Waals surface area contributed by atoms with Gasteiger partial charge in [0.2, 0.25) is 0 Å². The molecule has 0 radical (unpaired) electrons. The first kappa shape index (κ1) is 32.0. The summed E-state index contributed by atoms with van der Waals surface area (Å²) in [6.45, 7) is 5.13. The average molecular weight is 570 g/mol. The number of carboxylic acid groups (broad SMARTS) is 2. The number of fused-ring (bicyclic) bond motifs is 1. The van der Waals surface area contributed by atoms with E-state index < -0.39 is 24.3 Å². The van der Waals surface area contributed by atoms with Gasteiger partial charge < -0.3 is 25.0 Å². The van der Waals surface area contributed by atoms with Crippen molar-refractivity contribution in [2.45, 2.75) is 44.3 Å². The van der Waals surface area contributed by atoms with Crippen molar-refractivity contribution in [1.29, 1.82) is 0 Å². The highest BCUT2D eigenvalue weighted by atomic mass is 19.4. The van der Waals surface area contributed by atoms with Crippen LogP contribution in [-0.4, -0.2) is 82.2 Å². The van der Waals surface area contributed by atoms with Gasteiger partial charge >= 0.3 is 24.3 Å². The summed E-state index contributed by atoms with van der Waals surface area (Å²) >= 11 is 0. The lowest BCUT2D eigenvalue weighted by molar-refractivity contribution is -0.193. The lowest BCUT2D eigenvalue weighted by Gasteiger charge is -2.25. The molecule has 16 heteroatoms. The highest BCUT2D eigenvalue weighted by Crippen LogP contribution is 2.25. The van der Waals surface area contributed by atoms with Crippen LogP contribution in [0.25, 0.3) is 0 Å². The summed E-state index contributed by atoms with van der Waals surface area (Å²) in [5, 5.41) is 22.6. The fraction of sp³-hybridized carbons (Fsp3) is 0.565. The Balaban J connectivity index is 0.000000317. The summed E-state index contributed by atoms with van der Waals surface area (Å²) in [5.41, 5.74) is 3.42. The van der Waals surface area contributed by atoms with Crippen molar-refractivity contribution in [2.75, 3.05) is 32.9 Å². The Hall–Kier alpha value is -3.24. The smallest absolute Gasteiger partial charge is 0.475 e. The molecule has 2 aromatic rings. The number of aromatic nitrogens is 3. The minimum Gasteiger partial charge on any atom is -0.475 e. The van der Waals surface area contributed by atoms with E-state index in [4.69, 9.17) is 34.4 Å². The number of carboxylic acids is 2.